The van der Waals surface area contributed by atoms with Gasteiger partial charge in [-0.3, -0.25) is 0 Å². The van der Waals surface area contributed by atoms with Crippen LogP contribution >= 0.6 is 11.3 Å². The van der Waals surface area contributed by atoms with E-state index in [1.165, 1.54) is 26.1 Å². The molecule has 0 amide bonds. The fourth-order valence-corrected chi connectivity index (χ4v) is 3.18. The molecule has 0 saturated carbocycles. The van der Waals surface area contributed by atoms with Crippen LogP contribution in [0.2, 0.25) is 0 Å². The van der Waals surface area contributed by atoms with Crippen LogP contribution in [-0.4, -0.2) is 0 Å². The molecule has 0 unspecified atom stereocenters. The second-order valence-corrected chi connectivity index (χ2v) is 6.14. The highest BCUT2D eigenvalue weighted by atomic mass is 32.1. The van der Waals surface area contributed by atoms with Gasteiger partial charge in [0.25, 0.3) is 0 Å². The first-order chi connectivity index (χ1) is 9.76. The highest BCUT2D eigenvalue weighted by Crippen LogP contribution is 2.25. The first-order valence-electron chi connectivity index (χ1n) is 6.66. The average Bonchev–Trinajstić information content (AvgIpc) is 2.85. The largest absolute Gasteiger partial charge is 0.489 e. The maximum absolute atomic E-state index is 5.90. The number of rotatable bonds is 4. The normalized spacial score (nSPS) is 10.9. The molecule has 1 aromatic heterocycles. The van der Waals surface area contributed by atoms with Crippen LogP contribution in [0, 0.1) is 6.92 Å². The maximum atomic E-state index is 5.90. The van der Waals surface area contributed by atoms with Crippen LogP contribution in [-0.2, 0) is 13.2 Å². The zero-order chi connectivity index (χ0) is 13.9. The third-order valence-electron chi connectivity index (χ3n) is 3.39. The Hall–Kier alpha value is -1.84. The van der Waals surface area contributed by atoms with Crippen molar-refractivity contribution in [3.05, 3.63) is 63.8 Å². The second kappa shape index (κ2) is 5.65. The molecule has 1 heterocycles. The molecular weight excluding hydrogens is 266 g/mol. The van der Waals surface area contributed by atoms with E-state index in [1.54, 1.807) is 11.3 Å². The highest BCUT2D eigenvalue weighted by Gasteiger charge is 2.05. The van der Waals surface area contributed by atoms with E-state index in [-0.39, 0.29) is 0 Å². The van der Waals surface area contributed by atoms with Crippen molar-refractivity contribution in [2.45, 2.75) is 20.1 Å². The summed E-state index contributed by atoms with van der Waals surface area (Å²) in [6.45, 7) is 3.31. The minimum atomic E-state index is 0.598. The van der Waals surface area contributed by atoms with Gasteiger partial charge in [0.1, 0.15) is 12.4 Å². The van der Waals surface area contributed by atoms with Crippen molar-refractivity contribution in [3.63, 3.8) is 0 Å². The van der Waals surface area contributed by atoms with Gasteiger partial charge in [0.15, 0.2) is 0 Å². The van der Waals surface area contributed by atoms with Gasteiger partial charge in [-0.25, -0.2) is 0 Å². The van der Waals surface area contributed by atoms with Crippen molar-refractivity contribution in [3.8, 4) is 5.75 Å². The molecule has 0 bridgehead atoms. The van der Waals surface area contributed by atoms with Gasteiger partial charge in [0, 0.05) is 21.9 Å². The van der Waals surface area contributed by atoms with Crippen molar-refractivity contribution in [2.24, 2.45) is 5.73 Å². The Morgan fingerprint density at radius 3 is 2.60 bits per heavy atom. The molecule has 0 spiro atoms. The topological polar surface area (TPSA) is 35.2 Å². The SMILES string of the molecule is Cc1sc(CN)cc1COc1ccc2ccccc2c1. The molecule has 0 radical (unpaired) electrons. The van der Waals surface area contributed by atoms with Crippen LogP contribution in [0.3, 0.4) is 0 Å². The van der Waals surface area contributed by atoms with E-state index in [9.17, 15) is 0 Å². The summed E-state index contributed by atoms with van der Waals surface area (Å²) in [5.41, 5.74) is 6.90. The molecule has 2 nitrogen and oxygen atoms in total. The lowest BCUT2D eigenvalue weighted by molar-refractivity contribution is 0.306. The van der Waals surface area contributed by atoms with E-state index in [0.717, 1.165) is 5.75 Å². The number of ether oxygens (including phenoxy) is 1. The van der Waals surface area contributed by atoms with Crippen molar-refractivity contribution < 1.29 is 4.74 Å². The van der Waals surface area contributed by atoms with E-state index in [1.807, 2.05) is 18.2 Å². The number of hydrogen-bond acceptors (Lipinski definition) is 3. The number of nitrogens with two attached hydrogens (primary N) is 1. The lowest BCUT2D eigenvalue weighted by Gasteiger charge is -2.07. The first kappa shape index (κ1) is 13.2. The van der Waals surface area contributed by atoms with Crippen LogP contribution in [0.4, 0.5) is 0 Å². The molecule has 3 rings (SSSR count). The summed E-state index contributed by atoms with van der Waals surface area (Å²) >= 11 is 1.75. The molecule has 2 N–H and O–H groups in total. The molecule has 102 valence electrons. The Labute approximate surface area is 122 Å². The zero-order valence-electron chi connectivity index (χ0n) is 11.4. The predicted octanol–water partition coefficient (Wildman–Crippen LogP) is 4.25. The molecule has 20 heavy (non-hydrogen) atoms. The van der Waals surface area contributed by atoms with E-state index in [2.05, 4.69) is 37.3 Å². The summed E-state index contributed by atoms with van der Waals surface area (Å²) in [6, 6.07) is 16.6. The predicted molar refractivity (Wildman–Crippen MR) is 85.2 cm³/mol. The number of thiophene rings is 1. The quantitative estimate of drug-likeness (QED) is 0.777. The van der Waals surface area contributed by atoms with E-state index < -0.39 is 0 Å². The Balaban J connectivity index is 1.77. The minimum Gasteiger partial charge on any atom is -0.489 e. The van der Waals surface area contributed by atoms with E-state index in [4.69, 9.17) is 10.5 Å². The summed E-state index contributed by atoms with van der Waals surface area (Å²) in [7, 11) is 0. The van der Waals surface area contributed by atoms with Gasteiger partial charge in [0.05, 0.1) is 0 Å². The Bertz CT molecular complexity index is 733. The summed E-state index contributed by atoms with van der Waals surface area (Å²) in [6.07, 6.45) is 0. The minimum absolute atomic E-state index is 0.598. The van der Waals surface area contributed by atoms with Crippen molar-refractivity contribution in [2.75, 3.05) is 0 Å². The standard InChI is InChI=1S/C17H17NOS/c1-12-15(9-17(10-18)20-12)11-19-16-7-6-13-4-2-3-5-14(13)8-16/h2-9H,10-11,18H2,1H3. The van der Waals surface area contributed by atoms with E-state index >= 15 is 0 Å². The van der Waals surface area contributed by atoms with Crippen LogP contribution in [0.1, 0.15) is 15.3 Å². The smallest absolute Gasteiger partial charge is 0.120 e. The number of aryl methyl sites for hydroxylation is 1. The molecule has 0 atom stereocenters. The van der Waals surface area contributed by atoms with Gasteiger partial charge in [-0.05, 0) is 35.9 Å². The van der Waals surface area contributed by atoms with Gasteiger partial charge in [-0.1, -0.05) is 30.3 Å². The Kier molecular flexibility index (Phi) is 3.72. The van der Waals surface area contributed by atoms with Crippen LogP contribution < -0.4 is 10.5 Å². The monoisotopic (exact) mass is 283 g/mol. The van der Waals surface area contributed by atoms with Crippen LogP contribution in [0.25, 0.3) is 10.8 Å². The molecule has 3 aromatic rings. The molecule has 0 aliphatic carbocycles. The average molecular weight is 283 g/mol. The lowest BCUT2D eigenvalue weighted by Crippen LogP contribution is -1.96. The molecule has 0 aliphatic heterocycles. The zero-order valence-corrected chi connectivity index (χ0v) is 12.2. The number of hydrogen-bond donors (Lipinski definition) is 1. The summed E-state index contributed by atoms with van der Waals surface area (Å²) in [4.78, 5) is 2.49. The molecule has 0 fully saturated rings. The van der Waals surface area contributed by atoms with Gasteiger partial charge in [0.2, 0.25) is 0 Å². The summed E-state index contributed by atoms with van der Waals surface area (Å²) < 4.78 is 5.90. The third kappa shape index (κ3) is 2.69. The number of fused-ring (bicyclic) bond motifs is 1. The molecule has 2 aromatic carbocycles. The Morgan fingerprint density at radius 1 is 1.05 bits per heavy atom. The van der Waals surface area contributed by atoms with Crippen molar-refractivity contribution in [1.82, 2.24) is 0 Å². The first-order valence-corrected chi connectivity index (χ1v) is 7.48. The fraction of sp³-hybridized carbons (Fsp3) is 0.176. The van der Waals surface area contributed by atoms with Crippen LogP contribution in [0.5, 0.6) is 5.75 Å². The second-order valence-electron chi connectivity index (χ2n) is 4.80. The van der Waals surface area contributed by atoms with Crippen LogP contribution in [0.15, 0.2) is 48.5 Å². The van der Waals surface area contributed by atoms with Gasteiger partial charge in [-0.15, -0.1) is 11.3 Å². The van der Waals surface area contributed by atoms with Crippen molar-refractivity contribution in [1.29, 1.82) is 0 Å². The highest BCUT2D eigenvalue weighted by molar-refractivity contribution is 7.12. The molecule has 0 aliphatic rings. The fourth-order valence-electron chi connectivity index (χ4n) is 2.25. The lowest BCUT2D eigenvalue weighted by atomic mass is 10.1. The summed E-state index contributed by atoms with van der Waals surface area (Å²) in [5.74, 6) is 0.906. The molecular formula is C17H17NOS. The molecule has 0 saturated heterocycles. The number of benzene rings is 2. The summed E-state index contributed by atoms with van der Waals surface area (Å²) in [5, 5.41) is 2.44. The Morgan fingerprint density at radius 2 is 1.85 bits per heavy atom. The maximum Gasteiger partial charge on any atom is 0.120 e. The molecule has 3 heteroatoms. The van der Waals surface area contributed by atoms with Crippen molar-refractivity contribution >= 4 is 22.1 Å². The van der Waals surface area contributed by atoms with E-state index in [0.29, 0.717) is 13.2 Å². The third-order valence-corrected chi connectivity index (χ3v) is 4.50. The van der Waals surface area contributed by atoms with Gasteiger partial charge in [-0.2, -0.15) is 0 Å². The van der Waals surface area contributed by atoms with Gasteiger partial charge >= 0.3 is 0 Å². The van der Waals surface area contributed by atoms with Gasteiger partial charge < -0.3 is 10.5 Å².